The average Bonchev–Trinajstić information content (AvgIpc) is 2.49. The Morgan fingerprint density at radius 2 is 1.93 bits per heavy atom. The molecule has 1 heterocycles. The van der Waals surface area contributed by atoms with Gasteiger partial charge in [0.25, 0.3) is 0 Å². The van der Waals surface area contributed by atoms with Crippen LogP contribution >= 0.6 is 0 Å². The van der Waals surface area contributed by atoms with Crippen molar-refractivity contribution in [3.8, 4) is 5.69 Å². The molecule has 0 bridgehead atoms. The minimum Gasteiger partial charge on any atom is -0.152 e. The van der Waals surface area contributed by atoms with Gasteiger partial charge >= 0.3 is 5.82 Å². The molecule has 0 N–H and O–H groups in total. The van der Waals surface area contributed by atoms with E-state index in [9.17, 15) is 0 Å². The van der Waals surface area contributed by atoms with Crippen LogP contribution in [0.25, 0.3) is 5.69 Å². The summed E-state index contributed by atoms with van der Waals surface area (Å²) in [6.45, 7) is 4.10. The van der Waals surface area contributed by atoms with Crippen molar-refractivity contribution in [1.82, 2.24) is 9.67 Å². The minimum absolute atomic E-state index is 1.01. The minimum atomic E-state index is 1.01. The van der Waals surface area contributed by atoms with Gasteiger partial charge in [0.2, 0.25) is 6.33 Å². The van der Waals surface area contributed by atoms with Crippen molar-refractivity contribution in [1.29, 1.82) is 0 Å². The van der Waals surface area contributed by atoms with Gasteiger partial charge in [-0.15, -0.1) is 4.68 Å². The molecule has 0 aliphatic heterocycles. The van der Waals surface area contributed by atoms with Crippen LogP contribution in [-0.4, -0.2) is 9.67 Å². The molecule has 0 radical (unpaired) electrons. The molecular formula is C11H14N3+. The summed E-state index contributed by atoms with van der Waals surface area (Å²) >= 11 is 0. The molecule has 1 aromatic carbocycles. The van der Waals surface area contributed by atoms with Gasteiger partial charge in [-0.2, -0.15) is 4.68 Å². The second kappa shape index (κ2) is 3.25. The Hall–Kier alpha value is -1.64. The van der Waals surface area contributed by atoms with Crippen molar-refractivity contribution in [2.75, 3.05) is 0 Å². The van der Waals surface area contributed by atoms with Crippen LogP contribution in [0.2, 0.25) is 0 Å². The molecule has 0 aliphatic rings. The number of para-hydroxylation sites is 1. The molecule has 2 rings (SSSR count). The van der Waals surface area contributed by atoms with E-state index in [-0.39, 0.29) is 0 Å². The number of nitrogens with zero attached hydrogens (tertiary/aromatic N) is 3. The highest BCUT2D eigenvalue weighted by Crippen LogP contribution is 2.10. The third-order valence-corrected chi connectivity index (χ3v) is 2.51. The third kappa shape index (κ3) is 1.31. The number of benzene rings is 1. The maximum atomic E-state index is 4.26. The highest BCUT2D eigenvalue weighted by atomic mass is 15.4. The summed E-state index contributed by atoms with van der Waals surface area (Å²) < 4.78 is 4.08. The zero-order chi connectivity index (χ0) is 10.1. The summed E-state index contributed by atoms with van der Waals surface area (Å²) in [6.07, 6.45) is 1.84. The van der Waals surface area contributed by atoms with E-state index >= 15 is 0 Å². The smallest absolute Gasteiger partial charge is 0.152 e. The summed E-state index contributed by atoms with van der Waals surface area (Å²) in [5, 5.41) is 0. The number of hydrogen-bond acceptors (Lipinski definition) is 1. The van der Waals surface area contributed by atoms with Gasteiger partial charge in [0.1, 0.15) is 7.05 Å². The molecule has 2 aromatic rings. The van der Waals surface area contributed by atoms with Gasteiger partial charge in [-0.1, -0.05) is 18.2 Å². The highest BCUT2D eigenvalue weighted by Gasteiger charge is 2.12. The maximum absolute atomic E-state index is 4.26. The molecule has 0 amide bonds. The Kier molecular flexibility index (Phi) is 2.08. The zero-order valence-electron chi connectivity index (χ0n) is 8.73. The summed E-state index contributed by atoms with van der Waals surface area (Å²) in [6, 6.07) is 8.28. The molecule has 0 saturated heterocycles. The van der Waals surface area contributed by atoms with Crippen LogP contribution in [0, 0.1) is 13.8 Å². The van der Waals surface area contributed by atoms with Crippen molar-refractivity contribution >= 4 is 0 Å². The lowest BCUT2D eigenvalue weighted by atomic mass is 10.2. The normalized spacial score (nSPS) is 10.5. The first kappa shape index (κ1) is 8.94. The number of aryl methyl sites for hydroxylation is 2. The second-order valence-electron chi connectivity index (χ2n) is 3.45. The molecule has 0 aliphatic carbocycles. The lowest BCUT2D eigenvalue weighted by molar-refractivity contribution is -0.750. The van der Waals surface area contributed by atoms with E-state index < -0.39 is 0 Å². The number of rotatable bonds is 1. The number of aromatic nitrogens is 3. The van der Waals surface area contributed by atoms with E-state index in [1.54, 1.807) is 0 Å². The summed E-state index contributed by atoms with van der Waals surface area (Å²) in [4.78, 5) is 4.26. The molecule has 0 fully saturated rings. The zero-order valence-corrected chi connectivity index (χ0v) is 8.73. The molecule has 1 aromatic heterocycles. The molecule has 0 spiro atoms. The van der Waals surface area contributed by atoms with E-state index in [1.165, 1.54) is 11.3 Å². The molecule has 14 heavy (non-hydrogen) atoms. The van der Waals surface area contributed by atoms with Crippen molar-refractivity contribution in [2.45, 2.75) is 13.8 Å². The first-order valence-corrected chi connectivity index (χ1v) is 4.66. The lowest BCUT2D eigenvalue weighted by Crippen LogP contribution is -2.40. The second-order valence-corrected chi connectivity index (χ2v) is 3.45. The van der Waals surface area contributed by atoms with Crippen LogP contribution in [0.5, 0.6) is 0 Å². The van der Waals surface area contributed by atoms with Gasteiger partial charge in [-0.3, -0.25) is 0 Å². The Morgan fingerprint density at radius 3 is 2.50 bits per heavy atom. The summed E-state index contributed by atoms with van der Waals surface area (Å²) in [5.74, 6) is 1.01. The monoisotopic (exact) mass is 188 g/mol. The fourth-order valence-electron chi connectivity index (χ4n) is 1.50. The van der Waals surface area contributed by atoms with E-state index in [1.807, 2.05) is 41.8 Å². The largest absolute Gasteiger partial charge is 0.315 e. The summed E-state index contributed by atoms with van der Waals surface area (Å²) in [5.41, 5.74) is 2.43. The van der Waals surface area contributed by atoms with E-state index in [0.717, 1.165) is 5.82 Å². The molecule has 0 saturated carbocycles. The van der Waals surface area contributed by atoms with Crippen LogP contribution in [-0.2, 0) is 7.05 Å². The van der Waals surface area contributed by atoms with Crippen molar-refractivity contribution in [3.05, 3.63) is 42.0 Å². The topological polar surface area (TPSA) is 21.7 Å². The predicted molar refractivity (Wildman–Crippen MR) is 54.2 cm³/mol. The fourth-order valence-corrected chi connectivity index (χ4v) is 1.50. The Labute approximate surface area is 83.6 Å². The Morgan fingerprint density at radius 1 is 1.21 bits per heavy atom. The predicted octanol–water partition coefficient (Wildman–Crippen LogP) is 1.31. The van der Waals surface area contributed by atoms with E-state index in [2.05, 4.69) is 24.0 Å². The molecule has 0 unspecified atom stereocenters. The van der Waals surface area contributed by atoms with Crippen molar-refractivity contribution in [3.63, 3.8) is 0 Å². The Balaban J connectivity index is 2.60. The van der Waals surface area contributed by atoms with Crippen molar-refractivity contribution < 1.29 is 4.68 Å². The molecule has 0 atom stereocenters. The van der Waals surface area contributed by atoms with Gasteiger partial charge in [0.15, 0.2) is 0 Å². The summed E-state index contributed by atoms with van der Waals surface area (Å²) in [7, 11) is 2.01. The van der Waals surface area contributed by atoms with Crippen LogP contribution in [0.3, 0.4) is 0 Å². The van der Waals surface area contributed by atoms with Crippen LogP contribution < -0.4 is 4.68 Å². The lowest BCUT2D eigenvalue weighted by Gasteiger charge is -2.04. The first-order chi connectivity index (χ1) is 6.70. The third-order valence-electron chi connectivity index (χ3n) is 2.51. The van der Waals surface area contributed by atoms with Gasteiger partial charge in [0.05, 0.1) is 5.69 Å². The van der Waals surface area contributed by atoms with Gasteiger partial charge < -0.3 is 0 Å². The highest BCUT2D eigenvalue weighted by molar-refractivity contribution is 5.37. The van der Waals surface area contributed by atoms with Gasteiger partial charge in [-0.25, -0.2) is 0 Å². The van der Waals surface area contributed by atoms with Crippen molar-refractivity contribution in [2.24, 2.45) is 7.05 Å². The van der Waals surface area contributed by atoms with E-state index in [0.29, 0.717) is 0 Å². The van der Waals surface area contributed by atoms with Gasteiger partial charge in [0, 0.05) is 6.92 Å². The van der Waals surface area contributed by atoms with Crippen LogP contribution in [0.4, 0.5) is 0 Å². The molecular weight excluding hydrogens is 174 g/mol. The number of hydrogen-bond donors (Lipinski definition) is 0. The van der Waals surface area contributed by atoms with E-state index in [4.69, 9.17) is 0 Å². The standard InChI is InChI=1S/C11H14N3/c1-9-6-4-5-7-11(9)14-8-12-10(2)13(14)3/h4-8H,1-3H3/q+1. The SMILES string of the molecule is Cc1ccccc1-n1cnc(C)[n+]1C. The molecule has 3 nitrogen and oxygen atoms in total. The van der Waals surface area contributed by atoms with Gasteiger partial charge in [-0.05, 0) is 23.5 Å². The molecule has 72 valence electrons. The quantitative estimate of drug-likeness (QED) is 0.618. The first-order valence-electron chi connectivity index (χ1n) is 4.66. The molecule has 3 heteroatoms. The maximum Gasteiger partial charge on any atom is 0.315 e. The van der Waals surface area contributed by atoms with Crippen LogP contribution in [0.1, 0.15) is 11.4 Å². The Bertz CT molecular complexity index is 457. The fraction of sp³-hybridized carbons (Fsp3) is 0.273. The van der Waals surface area contributed by atoms with Crippen LogP contribution in [0.15, 0.2) is 30.6 Å². The average molecular weight is 188 g/mol.